The number of anilines is 2. The van der Waals surface area contributed by atoms with Gasteiger partial charge in [-0.3, -0.25) is 4.79 Å². The predicted octanol–water partition coefficient (Wildman–Crippen LogP) is 3.14. The number of likely N-dealkylation sites (N-methyl/N-ethyl adjacent to an activating group) is 1. The van der Waals surface area contributed by atoms with Crippen LogP contribution in [0.1, 0.15) is 24.2 Å². The van der Waals surface area contributed by atoms with Gasteiger partial charge in [-0.25, -0.2) is 4.79 Å². The number of fused-ring (bicyclic) bond motifs is 1. The molecule has 8 nitrogen and oxygen atoms in total. The van der Waals surface area contributed by atoms with Gasteiger partial charge in [-0.05, 0) is 31.2 Å². The Bertz CT molecular complexity index is 966. The molecule has 0 aliphatic carbocycles. The average Bonchev–Trinajstić information content (AvgIpc) is 2.80. The Morgan fingerprint density at radius 3 is 2.52 bits per heavy atom. The van der Waals surface area contributed by atoms with Crippen LogP contribution in [0.4, 0.5) is 16.2 Å². The minimum Gasteiger partial charge on any atom is -0.485 e. The van der Waals surface area contributed by atoms with E-state index in [0.717, 1.165) is 11.4 Å². The highest BCUT2D eigenvalue weighted by atomic mass is 16.5. The summed E-state index contributed by atoms with van der Waals surface area (Å²) >= 11 is 0. The number of aliphatic hydroxyl groups excluding tert-OH is 1. The summed E-state index contributed by atoms with van der Waals surface area (Å²) in [5.41, 5.74) is 1.96. The van der Waals surface area contributed by atoms with Crippen LogP contribution in [-0.4, -0.2) is 79.8 Å². The van der Waals surface area contributed by atoms with Crippen LogP contribution in [0.15, 0.2) is 48.5 Å². The van der Waals surface area contributed by atoms with Gasteiger partial charge in [0.2, 0.25) is 0 Å². The molecule has 0 bridgehead atoms. The van der Waals surface area contributed by atoms with Crippen molar-refractivity contribution in [2.24, 2.45) is 5.92 Å². The summed E-state index contributed by atoms with van der Waals surface area (Å²) in [5.74, 6) is 0.241. The number of amides is 3. The normalized spacial score (nSPS) is 19.0. The molecule has 0 saturated heterocycles. The topological polar surface area (TPSA) is 85.4 Å². The van der Waals surface area contributed by atoms with E-state index >= 15 is 0 Å². The minimum absolute atomic E-state index is 0.0849. The zero-order chi connectivity index (χ0) is 24.1. The number of aliphatic hydroxyl groups is 1. The molecule has 8 heteroatoms. The smallest absolute Gasteiger partial charge is 0.321 e. The Hall–Kier alpha value is -3.26. The van der Waals surface area contributed by atoms with Crippen LogP contribution in [0.2, 0.25) is 0 Å². The van der Waals surface area contributed by atoms with E-state index in [-0.39, 0.29) is 36.6 Å². The lowest BCUT2D eigenvalue weighted by Gasteiger charge is -2.39. The Morgan fingerprint density at radius 2 is 1.88 bits per heavy atom. The molecule has 1 aliphatic rings. The third kappa shape index (κ3) is 5.57. The molecule has 1 heterocycles. The van der Waals surface area contributed by atoms with Gasteiger partial charge in [0.25, 0.3) is 5.91 Å². The van der Waals surface area contributed by atoms with Crippen molar-refractivity contribution in [1.29, 1.82) is 0 Å². The standard InChI is InChI=1S/C25H34N4O4/c1-17-14-29(18(2)16-30)24(31)20-12-9-13-21(27(3)4)23(20)33-22(17)15-28(5)25(32)26-19-10-7-6-8-11-19/h6-13,17-18,22,30H,14-16H2,1-5H3,(H,26,32)/t17-,18+,22+/m1/s1. The maximum absolute atomic E-state index is 13.4. The van der Waals surface area contributed by atoms with Crippen molar-refractivity contribution in [2.45, 2.75) is 26.0 Å². The second kappa shape index (κ2) is 10.6. The van der Waals surface area contributed by atoms with E-state index < -0.39 is 0 Å². The van der Waals surface area contributed by atoms with Crippen LogP contribution in [-0.2, 0) is 0 Å². The van der Waals surface area contributed by atoms with Gasteiger partial charge in [0.15, 0.2) is 5.75 Å². The zero-order valence-corrected chi connectivity index (χ0v) is 20.0. The largest absolute Gasteiger partial charge is 0.485 e. The molecule has 33 heavy (non-hydrogen) atoms. The van der Waals surface area contributed by atoms with Gasteiger partial charge in [0.05, 0.1) is 30.4 Å². The van der Waals surface area contributed by atoms with Gasteiger partial charge in [-0.1, -0.05) is 31.2 Å². The number of carbonyl (C=O) groups excluding carboxylic acids is 2. The highest BCUT2D eigenvalue weighted by Crippen LogP contribution is 2.36. The van der Waals surface area contributed by atoms with Crippen molar-refractivity contribution in [1.82, 2.24) is 9.80 Å². The number of carbonyl (C=O) groups is 2. The van der Waals surface area contributed by atoms with Crippen molar-refractivity contribution in [3.05, 3.63) is 54.1 Å². The Balaban J connectivity index is 1.91. The second-order valence-corrected chi connectivity index (χ2v) is 8.85. The van der Waals surface area contributed by atoms with Crippen molar-refractivity contribution < 1.29 is 19.4 Å². The molecule has 1 aliphatic heterocycles. The number of hydrogen-bond donors (Lipinski definition) is 2. The average molecular weight is 455 g/mol. The number of hydrogen-bond acceptors (Lipinski definition) is 5. The molecule has 2 N–H and O–H groups in total. The highest BCUT2D eigenvalue weighted by Gasteiger charge is 2.35. The van der Waals surface area contributed by atoms with Crippen LogP contribution < -0.4 is 15.0 Å². The van der Waals surface area contributed by atoms with Crippen molar-refractivity contribution in [2.75, 3.05) is 51.1 Å². The quantitative estimate of drug-likeness (QED) is 0.701. The fourth-order valence-electron chi connectivity index (χ4n) is 3.89. The number of nitrogens with zero attached hydrogens (tertiary/aromatic N) is 3. The van der Waals surface area contributed by atoms with Crippen LogP contribution in [0.5, 0.6) is 5.75 Å². The fraction of sp³-hybridized carbons (Fsp3) is 0.440. The third-order valence-corrected chi connectivity index (χ3v) is 5.98. The van der Waals surface area contributed by atoms with E-state index in [1.54, 1.807) is 22.9 Å². The summed E-state index contributed by atoms with van der Waals surface area (Å²) in [6, 6.07) is 14.2. The fourth-order valence-corrected chi connectivity index (χ4v) is 3.89. The first-order valence-corrected chi connectivity index (χ1v) is 11.2. The Kier molecular flexibility index (Phi) is 7.81. The van der Waals surface area contributed by atoms with Crippen LogP contribution in [0, 0.1) is 5.92 Å². The maximum Gasteiger partial charge on any atom is 0.321 e. The molecule has 0 aromatic heterocycles. The number of benzene rings is 2. The number of urea groups is 1. The minimum atomic E-state index is -0.363. The van der Waals surface area contributed by atoms with Gasteiger partial charge in [0, 0.05) is 39.3 Å². The van der Waals surface area contributed by atoms with Gasteiger partial charge in [-0.15, -0.1) is 0 Å². The first kappa shape index (κ1) is 24.4. The second-order valence-electron chi connectivity index (χ2n) is 8.85. The molecule has 2 aromatic rings. The molecule has 0 saturated carbocycles. The first-order chi connectivity index (χ1) is 15.7. The van der Waals surface area contributed by atoms with Crippen LogP contribution in [0.25, 0.3) is 0 Å². The zero-order valence-electron chi connectivity index (χ0n) is 20.0. The summed E-state index contributed by atoms with van der Waals surface area (Å²) in [6.07, 6.45) is -0.363. The Labute approximate surface area is 195 Å². The summed E-state index contributed by atoms with van der Waals surface area (Å²) < 4.78 is 6.47. The lowest BCUT2D eigenvalue weighted by molar-refractivity contribution is 0.0372. The van der Waals surface area contributed by atoms with Crippen molar-refractivity contribution in [3.8, 4) is 5.75 Å². The molecule has 3 amide bonds. The molecule has 3 rings (SSSR count). The Morgan fingerprint density at radius 1 is 1.18 bits per heavy atom. The van der Waals surface area contributed by atoms with E-state index in [2.05, 4.69) is 5.32 Å². The molecule has 0 fully saturated rings. The lowest BCUT2D eigenvalue weighted by atomic mass is 9.99. The summed E-state index contributed by atoms with van der Waals surface area (Å²) in [5, 5.41) is 12.7. The van der Waals surface area contributed by atoms with E-state index in [1.165, 1.54) is 0 Å². The summed E-state index contributed by atoms with van der Waals surface area (Å²) in [6.45, 7) is 4.44. The van der Waals surface area contributed by atoms with Crippen molar-refractivity contribution in [3.63, 3.8) is 0 Å². The summed E-state index contributed by atoms with van der Waals surface area (Å²) in [4.78, 5) is 31.4. The number of nitrogens with one attached hydrogen (secondary N) is 1. The monoisotopic (exact) mass is 454 g/mol. The first-order valence-electron chi connectivity index (χ1n) is 11.2. The third-order valence-electron chi connectivity index (χ3n) is 5.98. The van der Waals surface area contributed by atoms with Gasteiger partial charge < -0.3 is 29.9 Å². The summed E-state index contributed by atoms with van der Waals surface area (Å²) in [7, 11) is 5.52. The molecular weight excluding hydrogens is 420 g/mol. The molecular formula is C25H34N4O4. The van der Waals surface area contributed by atoms with E-state index in [4.69, 9.17) is 4.74 Å². The molecule has 0 spiro atoms. The van der Waals surface area contributed by atoms with Gasteiger partial charge in [-0.2, -0.15) is 0 Å². The molecule has 178 valence electrons. The molecule has 3 atom stereocenters. The molecule has 0 radical (unpaired) electrons. The molecule has 2 aromatic carbocycles. The van der Waals surface area contributed by atoms with Gasteiger partial charge in [0.1, 0.15) is 6.10 Å². The maximum atomic E-state index is 13.4. The SMILES string of the molecule is C[C@@H]1CN([C@@H](C)CO)C(=O)c2cccc(N(C)C)c2O[C@H]1CN(C)C(=O)Nc1ccccc1. The predicted molar refractivity (Wildman–Crippen MR) is 130 cm³/mol. The van der Waals surface area contributed by atoms with E-state index in [9.17, 15) is 14.7 Å². The van der Waals surface area contributed by atoms with Crippen LogP contribution in [0.3, 0.4) is 0 Å². The molecule has 0 unspecified atom stereocenters. The number of para-hydroxylation sites is 2. The van der Waals surface area contributed by atoms with Crippen LogP contribution >= 0.6 is 0 Å². The highest BCUT2D eigenvalue weighted by molar-refractivity contribution is 5.99. The van der Waals surface area contributed by atoms with Gasteiger partial charge >= 0.3 is 6.03 Å². The number of rotatable bonds is 6. The van der Waals surface area contributed by atoms with Crippen molar-refractivity contribution >= 4 is 23.3 Å². The lowest BCUT2D eigenvalue weighted by Crippen LogP contribution is -2.50. The number of ether oxygens (including phenoxy) is 1. The van der Waals surface area contributed by atoms with E-state index in [0.29, 0.717) is 24.4 Å². The van der Waals surface area contributed by atoms with E-state index in [1.807, 2.05) is 75.3 Å².